The highest BCUT2D eigenvalue weighted by molar-refractivity contribution is 7.87. The smallest absolute Gasteiger partial charge is 0.408 e. The number of halogens is 1. The summed E-state index contributed by atoms with van der Waals surface area (Å²) in [7, 11) is -4.06. The lowest BCUT2D eigenvalue weighted by Crippen LogP contribution is -2.55. The molecule has 0 unspecified atom stereocenters. The number of rotatable bonds is 10. The third-order valence-electron chi connectivity index (χ3n) is 10.9. The summed E-state index contributed by atoms with van der Waals surface area (Å²) in [4.78, 5) is 59.3. The molecule has 3 fully saturated rings. The van der Waals surface area contributed by atoms with Crippen LogP contribution in [0.25, 0.3) is 10.9 Å². The van der Waals surface area contributed by atoms with E-state index in [1.807, 2.05) is 30.3 Å². The van der Waals surface area contributed by atoms with Crippen molar-refractivity contribution in [3.63, 3.8) is 0 Å². The van der Waals surface area contributed by atoms with Gasteiger partial charge in [-0.3, -0.25) is 19.3 Å². The van der Waals surface area contributed by atoms with Crippen LogP contribution in [-0.2, 0) is 24.5 Å². The Morgan fingerprint density at radius 1 is 0.981 bits per heavy atom. The lowest BCUT2D eigenvalue weighted by Gasteiger charge is -2.44. The molecule has 3 aliphatic rings. The van der Waals surface area contributed by atoms with E-state index in [4.69, 9.17) is 4.74 Å². The number of morpholine rings is 1. The van der Waals surface area contributed by atoms with Crippen molar-refractivity contribution in [1.82, 2.24) is 23.8 Å². The first kappa shape index (κ1) is 39.2. The lowest BCUT2D eigenvalue weighted by molar-refractivity contribution is -0.141. The van der Waals surface area contributed by atoms with Crippen molar-refractivity contribution in [1.29, 1.82) is 0 Å². The van der Waals surface area contributed by atoms with Crippen LogP contribution in [0.5, 0.6) is 0 Å². The number of likely N-dealkylation sites (tertiary alicyclic amines) is 1. The second-order valence-corrected chi connectivity index (χ2v) is 17.0. The van der Waals surface area contributed by atoms with Crippen LogP contribution in [0, 0.1) is 11.8 Å². The SMILES string of the molecule is CC(C)(C)N(C(=O)O)[C@H](CF)[C@H]1CC[C@H](C(=O)N2CC[C@H](c3ccccc3)[C@H]2C(=O)Nc2ccc3[nH]c(C(=O)NS(=O)(=O)N4CCOCC4)cc3c2)CC1. The van der Waals surface area contributed by atoms with Crippen molar-refractivity contribution < 1.29 is 41.8 Å². The van der Waals surface area contributed by atoms with E-state index in [9.17, 15) is 37.1 Å². The van der Waals surface area contributed by atoms with Crippen molar-refractivity contribution in [2.45, 2.75) is 76.4 Å². The summed E-state index contributed by atoms with van der Waals surface area (Å²) in [6, 6.07) is 14.5. The normalized spacial score (nSPS) is 23.1. The van der Waals surface area contributed by atoms with Gasteiger partial charge < -0.3 is 25.0 Å². The van der Waals surface area contributed by atoms with Crippen molar-refractivity contribution in [3.05, 3.63) is 65.9 Å². The van der Waals surface area contributed by atoms with Crippen LogP contribution in [0.1, 0.15) is 74.8 Å². The molecule has 3 aromatic rings. The number of hydrogen-bond donors (Lipinski definition) is 4. The molecular formula is C38H49FN6O8S. The maximum atomic E-state index is 14.4. The van der Waals surface area contributed by atoms with Crippen LogP contribution in [0.3, 0.4) is 0 Å². The molecule has 4 amide bonds. The average molecular weight is 769 g/mol. The van der Waals surface area contributed by atoms with Crippen LogP contribution < -0.4 is 10.0 Å². The summed E-state index contributed by atoms with van der Waals surface area (Å²) in [6.45, 7) is 5.57. The number of nitrogens with zero attached hydrogens (tertiary/aromatic N) is 3. The second-order valence-electron chi connectivity index (χ2n) is 15.4. The van der Waals surface area contributed by atoms with E-state index in [-0.39, 0.29) is 61.6 Å². The fraction of sp³-hybridized carbons (Fsp3) is 0.526. The third-order valence-corrected chi connectivity index (χ3v) is 12.4. The molecule has 0 radical (unpaired) electrons. The lowest BCUT2D eigenvalue weighted by atomic mass is 9.77. The summed E-state index contributed by atoms with van der Waals surface area (Å²) in [6.07, 6.45) is 1.33. The molecule has 14 nitrogen and oxygen atoms in total. The van der Waals surface area contributed by atoms with E-state index in [2.05, 4.69) is 15.0 Å². The summed E-state index contributed by atoms with van der Waals surface area (Å²) in [5.41, 5.74) is 1.17. The highest BCUT2D eigenvalue weighted by atomic mass is 32.2. The molecule has 3 heterocycles. The maximum absolute atomic E-state index is 14.4. The van der Waals surface area contributed by atoms with Gasteiger partial charge in [0.2, 0.25) is 11.8 Å². The summed E-state index contributed by atoms with van der Waals surface area (Å²) in [5, 5.41) is 13.5. The van der Waals surface area contributed by atoms with Crippen LogP contribution >= 0.6 is 0 Å². The number of hydrogen-bond acceptors (Lipinski definition) is 7. The van der Waals surface area contributed by atoms with Gasteiger partial charge in [0.05, 0.1) is 19.3 Å². The maximum Gasteiger partial charge on any atom is 0.408 e. The number of anilines is 1. The van der Waals surface area contributed by atoms with Crippen LogP contribution in [0.2, 0.25) is 0 Å². The van der Waals surface area contributed by atoms with Gasteiger partial charge in [-0.2, -0.15) is 12.7 Å². The van der Waals surface area contributed by atoms with Gasteiger partial charge >= 0.3 is 16.3 Å². The zero-order valence-electron chi connectivity index (χ0n) is 30.8. The number of amides is 4. The number of nitrogens with one attached hydrogen (secondary N) is 3. The standard InChI is InChI=1S/C38H49FN6O8S/c1-38(2,3)45(37(49)50)32(23-39)25-9-11-26(12-10-25)36(48)44-16-15-29(24-7-5-4-6-8-24)33(44)35(47)40-28-13-14-30-27(21-28)22-31(41-30)34(46)42-54(51,52)43-17-19-53-20-18-43/h4-8,13-14,21-22,25-26,29,32-33,41H,9-12,15-20,23H2,1-3H3,(H,40,47)(H,42,46)(H,49,50)/t25-,26-,29-,32-,33+/m1/s1. The largest absolute Gasteiger partial charge is 0.465 e. The highest BCUT2D eigenvalue weighted by Crippen LogP contribution is 2.40. The van der Waals surface area contributed by atoms with E-state index >= 15 is 0 Å². The van der Waals surface area contributed by atoms with Crippen LogP contribution in [0.4, 0.5) is 14.9 Å². The first-order chi connectivity index (χ1) is 25.7. The predicted octanol–water partition coefficient (Wildman–Crippen LogP) is 4.72. The number of carboxylic acid groups (broad SMARTS) is 1. The molecule has 6 rings (SSSR count). The number of aromatic amines is 1. The second kappa shape index (κ2) is 16.1. The molecule has 2 saturated heterocycles. The monoisotopic (exact) mass is 768 g/mol. The zero-order chi connectivity index (χ0) is 38.8. The van der Waals surface area contributed by atoms with Crippen molar-refractivity contribution >= 4 is 50.6 Å². The third kappa shape index (κ3) is 8.40. The molecule has 1 aromatic heterocycles. The molecule has 0 spiro atoms. The molecule has 0 bridgehead atoms. The molecule has 2 aromatic carbocycles. The number of H-pyrrole nitrogens is 1. The molecule has 54 heavy (non-hydrogen) atoms. The topological polar surface area (TPSA) is 181 Å². The van der Waals surface area contributed by atoms with Gasteiger partial charge in [-0.25, -0.2) is 13.9 Å². The minimum absolute atomic E-state index is 0.0312. The number of carbonyl (C=O) groups excluding carboxylic acids is 3. The Morgan fingerprint density at radius 2 is 1.67 bits per heavy atom. The molecule has 4 N–H and O–H groups in total. The molecule has 1 aliphatic carbocycles. The number of aromatic nitrogens is 1. The summed E-state index contributed by atoms with van der Waals surface area (Å²) >= 11 is 0. The first-order valence-corrected chi connectivity index (χ1v) is 19.9. The number of fused-ring (bicyclic) bond motifs is 1. The molecule has 3 atom stereocenters. The van der Waals surface area contributed by atoms with Gasteiger partial charge in [0.25, 0.3) is 5.91 Å². The van der Waals surface area contributed by atoms with Gasteiger partial charge in [-0.1, -0.05) is 30.3 Å². The summed E-state index contributed by atoms with van der Waals surface area (Å²) < 4.78 is 48.3. The Labute approximate surface area is 314 Å². The Kier molecular flexibility index (Phi) is 11.6. The fourth-order valence-electron chi connectivity index (χ4n) is 8.30. The minimum Gasteiger partial charge on any atom is -0.465 e. The van der Waals surface area contributed by atoms with E-state index in [1.54, 1.807) is 43.9 Å². The fourth-order valence-corrected chi connectivity index (χ4v) is 9.41. The van der Waals surface area contributed by atoms with Gasteiger partial charge in [-0.15, -0.1) is 0 Å². The Hall–Kier alpha value is -4.54. The number of ether oxygens (including phenoxy) is 1. The summed E-state index contributed by atoms with van der Waals surface area (Å²) in [5.74, 6) is -2.21. The Morgan fingerprint density at radius 3 is 2.30 bits per heavy atom. The molecule has 292 valence electrons. The van der Waals surface area contributed by atoms with E-state index in [0.29, 0.717) is 55.2 Å². The number of carbonyl (C=O) groups is 4. The zero-order valence-corrected chi connectivity index (χ0v) is 31.6. The van der Waals surface area contributed by atoms with Crippen LogP contribution in [-0.4, -0.2) is 114 Å². The van der Waals surface area contributed by atoms with E-state index in [1.165, 1.54) is 11.0 Å². The van der Waals surface area contributed by atoms with Crippen molar-refractivity contribution in [3.8, 4) is 0 Å². The quantitative estimate of drug-likeness (QED) is 0.229. The minimum atomic E-state index is -4.06. The molecule has 2 aliphatic heterocycles. The van der Waals surface area contributed by atoms with Gasteiger partial charge in [0.1, 0.15) is 18.4 Å². The first-order valence-electron chi connectivity index (χ1n) is 18.4. The Bertz CT molecular complexity index is 1950. The number of benzene rings is 2. The highest BCUT2D eigenvalue weighted by Gasteiger charge is 2.46. The molecule has 1 saturated carbocycles. The predicted molar refractivity (Wildman–Crippen MR) is 200 cm³/mol. The van der Waals surface area contributed by atoms with Gasteiger partial charge in [-0.05, 0) is 88.6 Å². The van der Waals surface area contributed by atoms with E-state index in [0.717, 1.165) is 9.87 Å². The van der Waals surface area contributed by atoms with Gasteiger partial charge in [0.15, 0.2) is 0 Å². The van der Waals surface area contributed by atoms with E-state index < -0.39 is 46.5 Å². The number of alkyl halides is 1. The van der Waals surface area contributed by atoms with Gasteiger partial charge in [0, 0.05) is 53.6 Å². The Balaban J connectivity index is 1.16. The molecule has 16 heteroatoms. The van der Waals surface area contributed by atoms with Crippen LogP contribution in [0.15, 0.2) is 54.6 Å². The van der Waals surface area contributed by atoms with Crippen molar-refractivity contribution in [2.75, 3.05) is 44.8 Å². The van der Waals surface area contributed by atoms with Crippen molar-refractivity contribution in [2.24, 2.45) is 11.8 Å². The molecular weight excluding hydrogens is 720 g/mol. The average Bonchev–Trinajstić information content (AvgIpc) is 3.79.